The molecule has 2 aromatic heterocycles. The smallest absolute Gasteiger partial charge is 0.411 e. The number of aromatic nitrogens is 4. The Kier molecular flexibility index (Phi) is 7.96. The molecule has 10 heteroatoms. The van der Waals surface area contributed by atoms with E-state index >= 15 is 0 Å². The van der Waals surface area contributed by atoms with Gasteiger partial charge in [-0.15, -0.1) is 0 Å². The number of nitrogens with one attached hydrogen (secondary N) is 3. The summed E-state index contributed by atoms with van der Waals surface area (Å²) >= 11 is 0. The standard InChI is InChI=1S/C23H28N6O4/c1-15(2)14-33-23(32)27-18-6-4-5-16(9-18)10-20-22(31)19(12-25-28-20)17-11-26-29(13-17)8-7-21(30)24-3/h4-6,9,11-13,15H,7-8,10,14H2,1-3H3,(H,24,30)(H,25,31)(H,27,32). The summed E-state index contributed by atoms with van der Waals surface area (Å²) in [5.74, 6) is 0.163. The zero-order chi connectivity index (χ0) is 23.8. The minimum absolute atomic E-state index is 0.0824. The molecule has 1 aromatic carbocycles. The van der Waals surface area contributed by atoms with Crippen LogP contribution in [-0.4, -0.2) is 45.6 Å². The molecule has 2 heterocycles. The number of benzene rings is 1. The van der Waals surface area contributed by atoms with E-state index in [1.807, 2.05) is 19.9 Å². The number of rotatable bonds is 9. The molecule has 0 saturated heterocycles. The molecule has 10 nitrogen and oxygen atoms in total. The highest BCUT2D eigenvalue weighted by molar-refractivity contribution is 5.84. The molecule has 0 unspecified atom stereocenters. The number of hydrogen-bond donors (Lipinski definition) is 3. The lowest BCUT2D eigenvalue weighted by Gasteiger charge is -2.10. The Morgan fingerprint density at radius 3 is 2.85 bits per heavy atom. The molecule has 0 aliphatic rings. The van der Waals surface area contributed by atoms with Gasteiger partial charge in [-0.05, 0) is 23.6 Å². The van der Waals surface area contributed by atoms with Crippen molar-refractivity contribution in [3.8, 4) is 11.1 Å². The fourth-order valence-electron chi connectivity index (χ4n) is 3.10. The SMILES string of the molecule is CNC(=O)CCn1cc(-c2c[nH]nc(Cc3cccc(NC(=O)OCC(C)C)c3)c2=O)cn1. The predicted molar refractivity (Wildman–Crippen MR) is 124 cm³/mol. The number of aryl methyl sites for hydroxylation is 1. The van der Waals surface area contributed by atoms with Gasteiger partial charge in [0.15, 0.2) is 0 Å². The van der Waals surface area contributed by atoms with E-state index in [4.69, 9.17) is 4.74 Å². The van der Waals surface area contributed by atoms with Crippen molar-refractivity contribution in [1.29, 1.82) is 0 Å². The first-order chi connectivity index (χ1) is 15.9. The largest absolute Gasteiger partial charge is 0.449 e. The number of carbonyl (C=O) groups excluding carboxylic acids is 2. The van der Waals surface area contributed by atoms with Gasteiger partial charge in [-0.25, -0.2) is 4.79 Å². The quantitative estimate of drug-likeness (QED) is 0.457. The molecule has 0 fully saturated rings. The highest BCUT2D eigenvalue weighted by Gasteiger charge is 2.13. The van der Waals surface area contributed by atoms with Crippen LogP contribution in [0.1, 0.15) is 31.5 Å². The highest BCUT2D eigenvalue weighted by atomic mass is 16.5. The van der Waals surface area contributed by atoms with Crippen molar-refractivity contribution in [3.05, 3.63) is 64.3 Å². The number of nitrogens with zero attached hydrogens (tertiary/aromatic N) is 3. The Morgan fingerprint density at radius 1 is 1.27 bits per heavy atom. The van der Waals surface area contributed by atoms with Gasteiger partial charge in [0.25, 0.3) is 0 Å². The van der Waals surface area contributed by atoms with Crippen LogP contribution < -0.4 is 16.1 Å². The number of anilines is 1. The van der Waals surface area contributed by atoms with Gasteiger partial charge in [0.2, 0.25) is 11.3 Å². The molecule has 0 radical (unpaired) electrons. The molecule has 0 bridgehead atoms. The maximum Gasteiger partial charge on any atom is 0.411 e. The zero-order valence-electron chi connectivity index (χ0n) is 18.9. The lowest BCUT2D eigenvalue weighted by atomic mass is 10.1. The van der Waals surface area contributed by atoms with Crippen LogP contribution in [0.15, 0.2) is 47.7 Å². The summed E-state index contributed by atoms with van der Waals surface area (Å²) in [6, 6.07) is 7.18. The highest BCUT2D eigenvalue weighted by Crippen LogP contribution is 2.16. The monoisotopic (exact) mass is 452 g/mol. The fourth-order valence-corrected chi connectivity index (χ4v) is 3.10. The summed E-state index contributed by atoms with van der Waals surface area (Å²) in [4.78, 5) is 36.4. The van der Waals surface area contributed by atoms with Crippen LogP contribution in [0.5, 0.6) is 0 Å². The van der Waals surface area contributed by atoms with Crippen molar-refractivity contribution in [2.45, 2.75) is 33.2 Å². The van der Waals surface area contributed by atoms with E-state index in [0.29, 0.717) is 42.1 Å². The summed E-state index contributed by atoms with van der Waals surface area (Å²) in [5, 5.41) is 16.4. The number of hydrogen-bond acceptors (Lipinski definition) is 6. The maximum absolute atomic E-state index is 13.0. The second-order valence-corrected chi connectivity index (χ2v) is 7.98. The van der Waals surface area contributed by atoms with Gasteiger partial charge in [0, 0.05) is 50.1 Å². The van der Waals surface area contributed by atoms with Gasteiger partial charge in [-0.2, -0.15) is 10.2 Å². The minimum atomic E-state index is -0.521. The van der Waals surface area contributed by atoms with Crippen molar-refractivity contribution in [2.24, 2.45) is 5.92 Å². The molecular weight excluding hydrogens is 424 g/mol. The molecule has 3 rings (SSSR count). The average molecular weight is 453 g/mol. The third-order valence-electron chi connectivity index (χ3n) is 4.80. The molecule has 3 N–H and O–H groups in total. The van der Waals surface area contributed by atoms with Crippen LogP contribution >= 0.6 is 0 Å². The third kappa shape index (κ3) is 6.76. The van der Waals surface area contributed by atoms with Crippen molar-refractivity contribution in [2.75, 3.05) is 19.0 Å². The molecule has 2 amide bonds. The molecule has 0 saturated carbocycles. The lowest BCUT2D eigenvalue weighted by Crippen LogP contribution is -2.19. The van der Waals surface area contributed by atoms with Gasteiger partial charge >= 0.3 is 6.09 Å². The Morgan fingerprint density at radius 2 is 2.09 bits per heavy atom. The van der Waals surface area contributed by atoms with E-state index in [2.05, 4.69) is 25.9 Å². The molecule has 0 aliphatic carbocycles. The molecule has 0 atom stereocenters. The lowest BCUT2D eigenvalue weighted by molar-refractivity contribution is -0.120. The number of carbonyl (C=O) groups is 2. The number of aromatic amines is 1. The first kappa shape index (κ1) is 23.7. The first-order valence-electron chi connectivity index (χ1n) is 10.7. The average Bonchev–Trinajstić information content (AvgIpc) is 3.26. The van der Waals surface area contributed by atoms with E-state index in [1.165, 1.54) is 6.20 Å². The molecule has 0 aliphatic heterocycles. The van der Waals surface area contributed by atoms with Gasteiger partial charge < -0.3 is 10.1 Å². The Bertz CT molecular complexity index is 1170. The van der Waals surface area contributed by atoms with E-state index in [1.54, 1.807) is 42.3 Å². The molecule has 33 heavy (non-hydrogen) atoms. The third-order valence-corrected chi connectivity index (χ3v) is 4.80. The van der Waals surface area contributed by atoms with E-state index in [9.17, 15) is 14.4 Å². The molecule has 0 spiro atoms. The number of H-pyrrole nitrogens is 1. The van der Waals surface area contributed by atoms with Crippen molar-refractivity contribution >= 4 is 17.7 Å². The van der Waals surface area contributed by atoms with E-state index in [-0.39, 0.29) is 23.7 Å². The Labute approximate surface area is 191 Å². The maximum atomic E-state index is 13.0. The van der Waals surface area contributed by atoms with Crippen LogP contribution in [0.4, 0.5) is 10.5 Å². The second kappa shape index (κ2) is 11.1. The van der Waals surface area contributed by atoms with Gasteiger partial charge in [0.05, 0.1) is 18.4 Å². The summed E-state index contributed by atoms with van der Waals surface area (Å²) < 4.78 is 6.76. The summed E-state index contributed by atoms with van der Waals surface area (Å²) in [6.07, 6.45) is 4.91. The Hall–Kier alpha value is -3.95. The fraction of sp³-hybridized carbons (Fsp3) is 0.348. The molecule has 174 valence electrons. The summed E-state index contributed by atoms with van der Waals surface area (Å²) in [5.41, 5.74) is 2.59. The number of amides is 2. The van der Waals surface area contributed by atoms with Crippen molar-refractivity contribution in [1.82, 2.24) is 25.3 Å². The first-order valence-corrected chi connectivity index (χ1v) is 10.7. The van der Waals surface area contributed by atoms with Crippen LogP contribution in [-0.2, 0) is 22.5 Å². The van der Waals surface area contributed by atoms with Crippen LogP contribution in [0.25, 0.3) is 11.1 Å². The number of ether oxygens (including phenoxy) is 1. The normalized spacial score (nSPS) is 10.8. The summed E-state index contributed by atoms with van der Waals surface area (Å²) in [7, 11) is 1.58. The van der Waals surface area contributed by atoms with Crippen LogP contribution in [0.3, 0.4) is 0 Å². The van der Waals surface area contributed by atoms with Crippen molar-refractivity contribution in [3.63, 3.8) is 0 Å². The second-order valence-electron chi connectivity index (χ2n) is 7.98. The van der Waals surface area contributed by atoms with E-state index in [0.717, 1.165) is 5.56 Å². The minimum Gasteiger partial charge on any atom is -0.449 e. The van der Waals surface area contributed by atoms with Gasteiger partial charge in [0.1, 0.15) is 5.69 Å². The van der Waals surface area contributed by atoms with Crippen LogP contribution in [0.2, 0.25) is 0 Å². The molecular formula is C23H28N6O4. The summed E-state index contributed by atoms with van der Waals surface area (Å²) in [6.45, 7) is 4.67. The topological polar surface area (TPSA) is 131 Å². The zero-order valence-corrected chi connectivity index (χ0v) is 18.9. The van der Waals surface area contributed by atoms with Crippen LogP contribution in [0, 0.1) is 5.92 Å². The van der Waals surface area contributed by atoms with Gasteiger partial charge in [-0.3, -0.25) is 24.7 Å². The van der Waals surface area contributed by atoms with E-state index < -0.39 is 6.09 Å². The van der Waals surface area contributed by atoms with Crippen molar-refractivity contribution < 1.29 is 14.3 Å². The Balaban J connectivity index is 1.72. The molecule has 3 aromatic rings. The van der Waals surface area contributed by atoms with Gasteiger partial charge in [-0.1, -0.05) is 26.0 Å². The predicted octanol–water partition coefficient (Wildman–Crippen LogP) is 2.56.